The van der Waals surface area contributed by atoms with Gasteiger partial charge in [0, 0.05) is 16.3 Å². The van der Waals surface area contributed by atoms with Crippen molar-refractivity contribution in [2.24, 2.45) is 5.73 Å². The van der Waals surface area contributed by atoms with Crippen molar-refractivity contribution in [3.8, 4) is 0 Å². The van der Waals surface area contributed by atoms with Crippen molar-refractivity contribution in [2.75, 3.05) is 10.0 Å². The Morgan fingerprint density at radius 2 is 1.69 bits per heavy atom. The molecule has 0 radical (unpaired) electrons. The quantitative estimate of drug-likeness (QED) is 0.393. The van der Waals surface area contributed by atoms with E-state index in [0.29, 0.717) is 11.8 Å². The molecule has 1 atom stereocenters. The van der Waals surface area contributed by atoms with Crippen LogP contribution in [0, 0.1) is 11.6 Å². The number of nitrogens with one attached hydrogen (secondary N) is 3. The van der Waals surface area contributed by atoms with Crippen molar-refractivity contribution in [3.05, 3.63) is 76.5 Å². The number of carbonyl (C=O) groups is 2. The first-order chi connectivity index (χ1) is 15.1. The molecule has 32 heavy (non-hydrogen) atoms. The van der Waals surface area contributed by atoms with Crippen LogP contribution < -0.4 is 21.1 Å². The number of carbonyl (C=O) groups excluding carboxylic acids is 2. The van der Waals surface area contributed by atoms with Crippen molar-refractivity contribution in [2.45, 2.75) is 17.4 Å². The molecular weight excluding hydrogens is 462 g/mol. The Kier molecular flexibility index (Phi) is 7.05. The van der Waals surface area contributed by atoms with E-state index in [-0.39, 0.29) is 12.1 Å². The summed E-state index contributed by atoms with van der Waals surface area (Å²) < 4.78 is 53.3. The molecule has 1 heterocycles. The molecule has 0 bridgehead atoms. The third-order valence-electron chi connectivity index (χ3n) is 4.21. The molecule has 0 saturated heterocycles. The summed E-state index contributed by atoms with van der Waals surface area (Å²) in [5, 5.41) is 6.98. The highest BCUT2D eigenvalue weighted by atomic mass is 32.2. The average Bonchev–Trinajstić information content (AvgIpc) is 3.25. The molecule has 0 aliphatic carbocycles. The zero-order valence-corrected chi connectivity index (χ0v) is 18.0. The van der Waals surface area contributed by atoms with Crippen LogP contribution in [0.2, 0.25) is 0 Å². The van der Waals surface area contributed by atoms with Gasteiger partial charge in [-0.25, -0.2) is 22.0 Å². The van der Waals surface area contributed by atoms with Gasteiger partial charge in [0.05, 0.1) is 17.4 Å². The molecule has 1 unspecified atom stereocenters. The average molecular weight is 481 g/mol. The van der Waals surface area contributed by atoms with E-state index >= 15 is 0 Å². The Morgan fingerprint density at radius 1 is 1.00 bits per heavy atom. The molecule has 0 aliphatic heterocycles. The molecule has 0 saturated carbocycles. The molecule has 2 aromatic carbocycles. The second kappa shape index (κ2) is 9.75. The topological polar surface area (TPSA) is 130 Å². The molecule has 0 spiro atoms. The minimum absolute atomic E-state index is 0.0615. The number of benzene rings is 2. The third-order valence-corrected chi connectivity index (χ3v) is 6.58. The predicted molar refractivity (Wildman–Crippen MR) is 117 cm³/mol. The first kappa shape index (κ1) is 23.2. The van der Waals surface area contributed by atoms with E-state index in [1.54, 1.807) is 12.1 Å². The number of hydrogen-bond donors (Lipinski definition) is 4. The van der Waals surface area contributed by atoms with Crippen LogP contribution in [0.15, 0.2) is 64.9 Å². The highest BCUT2D eigenvalue weighted by molar-refractivity contribution is 7.92. The summed E-state index contributed by atoms with van der Waals surface area (Å²) in [6, 6.07) is 10.2. The normalized spacial score (nSPS) is 12.1. The maximum Gasteiger partial charge on any atom is 0.312 e. The molecule has 168 valence electrons. The van der Waals surface area contributed by atoms with Gasteiger partial charge in [-0.15, -0.1) is 11.3 Å². The van der Waals surface area contributed by atoms with Crippen molar-refractivity contribution in [3.63, 3.8) is 0 Å². The van der Waals surface area contributed by atoms with E-state index in [1.165, 1.54) is 35.6 Å². The molecular formula is C20H18F2N4O4S2. The Morgan fingerprint density at radius 3 is 2.28 bits per heavy atom. The number of nitrogens with two attached hydrogens (primary N) is 1. The highest BCUT2D eigenvalue weighted by Gasteiger charge is 2.19. The van der Waals surface area contributed by atoms with Gasteiger partial charge < -0.3 is 16.4 Å². The third kappa shape index (κ3) is 6.02. The summed E-state index contributed by atoms with van der Waals surface area (Å²) in [5.41, 5.74) is 5.72. The van der Waals surface area contributed by atoms with Gasteiger partial charge in [-0.1, -0.05) is 6.07 Å². The zero-order valence-electron chi connectivity index (χ0n) is 16.3. The fourth-order valence-corrected chi connectivity index (χ4v) is 4.61. The highest BCUT2D eigenvalue weighted by Crippen LogP contribution is 2.24. The second-order valence-corrected chi connectivity index (χ2v) is 9.25. The molecule has 0 fully saturated rings. The number of amides is 3. The molecule has 1 aromatic heterocycles. The number of sulfonamides is 1. The van der Waals surface area contributed by atoms with Crippen LogP contribution >= 0.6 is 11.3 Å². The van der Waals surface area contributed by atoms with E-state index < -0.39 is 44.5 Å². The predicted octanol–water partition coefficient (Wildman–Crippen LogP) is 3.57. The number of rotatable bonds is 8. The zero-order chi connectivity index (χ0) is 23.3. The van der Waals surface area contributed by atoms with Gasteiger partial charge in [-0.2, -0.15) is 0 Å². The fraction of sp³-hybridized carbons (Fsp3) is 0.100. The van der Waals surface area contributed by atoms with Crippen LogP contribution in [0.1, 0.15) is 17.3 Å². The number of anilines is 2. The van der Waals surface area contributed by atoms with Gasteiger partial charge in [0.25, 0.3) is 10.0 Å². The van der Waals surface area contributed by atoms with E-state index in [0.717, 1.165) is 17.0 Å². The van der Waals surface area contributed by atoms with Gasteiger partial charge in [0.1, 0.15) is 0 Å². The lowest BCUT2D eigenvalue weighted by Crippen LogP contribution is -2.34. The van der Waals surface area contributed by atoms with E-state index in [1.807, 2.05) is 5.38 Å². The summed E-state index contributed by atoms with van der Waals surface area (Å²) in [4.78, 5) is 23.9. The van der Waals surface area contributed by atoms with E-state index in [4.69, 9.17) is 5.73 Å². The molecule has 3 aromatic rings. The van der Waals surface area contributed by atoms with Gasteiger partial charge in [-0.05, 0) is 53.9 Å². The van der Waals surface area contributed by atoms with E-state index in [2.05, 4.69) is 15.4 Å². The van der Waals surface area contributed by atoms with Crippen LogP contribution in [-0.4, -0.2) is 20.4 Å². The molecule has 3 amide bonds. The lowest BCUT2D eigenvalue weighted by molar-refractivity contribution is -0.116. The number of urea groups is 1. The SMILES string of the molecule is NC(=O)NC(CC(=O)Nc1ccc(NS(=O)(=O)c2ccc(F)c(F)c2)cc1)c1cccs1. The largest absolute Gasteiger partial charge is 0.352 e. The van der Waals surface area contributed by atoms with Crippen molar-refractivity contribution in [1.82, 2.24) is 5.32 Å². The van der Waals surface area contributed by atoms with Crippen LogP contribution in [-0.2, 0) is 14.8 Å². The van der Waals surface area contributed by atoms with Gasteiger partial charge >= 0.3 is 6.03 Å². The summed E-state index contributed by atoms with van der Waals surface area (Å²) in [7, 11) is -4.14. The van der Waals surface area contributed by atoms with Crippen molar-refractivity contribution in [1.29, 1.82) is 0 Å². The summed E-state index contributed by atoms with van der Waals surface area (Å²) in [5.74, 6) is -2.83. The Balaban J connectivity index is 1.64. The second-order valence-electron chi connectivity index (χ2n) is 6.59. The first-order valence-electron chi connectivity index (χ1n) is 9.11. The van der Waals surface area contributed by atoms with Crippen LogP contribution in [0.25, 0.3) is 0 Å². The summed E-state index contributed by atoms with van der Waals surface area (Å²) >= 11 is 1.37. The van der Waals surface area contributed by atoms with Gasteiger partial charge in [-0.3, -0.25) is 9.52 Å². The van der Waals surface area contributed by atoms with Crippen molar-refractivity contribution >= 4 is 44.7 Å². The smallest absolute Gasteiger partial charge is 0.312 e. The van der Waals surface area contributed by atoms with Crippen molar-refractivity contribution < 1.29 is 26.8 Å². The maximum atomic E-state index is 13.3. The summed E-state index contributed by atoms with van der Waals surface area (Å²) in [6.07, 6.45) is -0.0615. The molecule has 12 heteroatoms. The van der Waals surface area contributed by atoms with Gasteiger partial charge in [0.15, 0.2) is 11.6 Å². The maximum absolute atomic E-state index is 13.3. The minimum atomic E-state index is -4.14. The first-order valence-corrected chi connectivity index (χ1v) is 11.5. The van der Waals surface area contributed by atoms with E-state index in [9.17, 15) is 26.8 Å². The number of halogens is 2. The number of primary amides is 1. The monoisotopic (exact) mass is 480 g/mol. The minimum Gasteiger partial charge on any atom is -0.352 e. The van der Waals surface area contributed by atoms with Crippen LogP contribution in [0.4, 0.5) is 25.0 Å². The van der Waals surface area contributed by atoms with Gasteiger partial charge in [0.2, 0.25) is 5.91 Å². The Labute approximate surface area is 186 Å². The standard InChI is InChI=1S/C20H18F2N4O4S2/c21-15-8-7-14(10-16(15)22)32(29,30)26-13-5-3-12(4-6-13)24-19(27)11-17(25-20(23)28)18-2-1-9-31-18/h1-10,17,26H,11H2,(H,24,27)(H3,23,25,28). The molecule has 3 rings (SSSR count). The lowest BCUT2D eigenvalue weighted by atomic mass is 10.1. The Hall–Kier alpha value is -3.51. The molecule has 0 aliphatic rings. The number of hydrogen-bond acceptors (Lipinski definition) is 5. The lowest BCUT2D eigenvalue weighted by Gasteiger charge is -2.16. The molecule has 8 nitrogen and oxygen atoms in total. The van der Waals surface area contributed by atoms with Crippen LogP contribution in [0.3, 0.4) is 0 Å². The van der Waals surface area contributed by atoms with Crippen LogP contribution in [0.5, 0.6) is 0 Å². The summed E-state index contributed by atoms with van der Waals surface area (Å²) in [6.45, 7) is 0. The fourth-order valence-electron chi connectivity index (χ4n) is 2.76. The Bertz CT molecular complexity index is 1220. The number of thiophene rings is 1. The molecule has 5 N–H and O–H groups in total.